The summed E-state index contributed by atoms with van der Waals surface area (Å²) in [6, 6.07) is 6.41. The maximum absolute atomic E-state index is 12.0. The molecule has 0 saturated carbocycles. The molecule has 0 aromatic heterocycles. The molecule has 1 aromatic rings. The molecule has 1 rings (SSSR count). The fourth-order valence-corrected chi connectivity index (χ4v) is 2.09. The predicted molar refractivity (Wildman–Crippen MR) is 81.6 cm³/mol. The second-order valence-electron chi connectivity index (χ2n) is 4.55. The summed E-state index contributed by atoms with van der Waals surface area (Å²) in [5.74, 6) is -0.697. The summed E-state index contributed by atoms with van der Waals surface area (Å²) in [7, 11) is 0. The van der Waals surface area contributed by atoms with E-state index in [0.717, 1.165) is 19.3 Å². The molecule has 0 fully saturated rings. The Morgan fingerprint density at radius 3 is 2.65 bits per heavy atom. The van der Waals surface area contributed by atoms with Gasteiger partial charge in [0.05, 0.1) is 12.2 Å². The van der Waals surface area contributed by atoms with Crippen LogP contribution in [0.4, 0.5) is 0 Å². The Bertz CT molecular complexity index is 462. The van der Waals surface area contributed by atoms with Crippen LogP contribution in [-0.2, 0) is 9.53 Å². The summed E-state index contributed by atoms with van der Waals surface area (Å²) < 4.78 is 5.80. The Hall–Kier alpha value is -1.36. The van der Waals surface area contributed by atoms with E-state index < -0.39 is 12.0 Å². The highest BCUT2D eigenvalue weighted by atomic mass is 79.9. The normalized spacial score (nSPS) is 11.8. The van der Waals surface area contributed by atoms with E-state index in [2.05, 4.69) is 28.2 Å². The standard InChI is InChI=1S/C15H20BrNO3/c1-3-4-7-10-20-15(19)11(2)17-14(18)12-8-5-6-9-13(12)16/h5-6,8-9,11H,3-4,7,10H2,1-2H3,(H,17,18). The van der Waals surface area contributed by atoms with Gasteiger partial charge in [0.15, 0.2) is 0 Å². The van der Waals surface area contributed by atoms with Gasteiger partial charge < -0.3 is 10.1 Å². The molecule has 0 aliphatic heterocycles. The van der Waals surface area contributed by atoms with E-state index in [4.69, 9.17) is 4.74 Å². The maximum Gasteiger partial charge on any atom is 0.328 e. The van der Waals surface area contributed by atoms with E-state index in [1.165, 1.54) is 0 Å². The van der Waals surface area contributed by atoms with Crippen molar-refractivity contribution in [3.63, 3.8) is 0 Å². The molecule has 0 heterocycles. The molecule has 20 heavy (non-hydrogen) atoms. The highest BCUT2D eigenvalue weighted by Crippen LogP contribution is 2.15. The van der Waals surface area contributed by atoms with Crippen molar-refractivity contribution in [2.75, 3.05) is 6.61 Å². The number of carbonyl (C=O) groups is 2. The molecule has 1 aromatic carbocycles. The van der Waals surface area contributed by atoms with Crippen LogP contribution in [0.1, 0.15) is 43.5 Å². The molecule has 1 unspecified atom stereocenters. The van der Waals surface area contributed by atoms with E-state index >= 15 is 0 Å². The third-order valence-electron chi connectivity index (χ3n) is 2.81. The van der Waals surface area contributed by atoms with Gasteiger partial charge in [-0.05, 0) is 41.4 Å². The smallest absolute Gasteiger partial charge is 0.328 e. The number of hydrogen-bond acceptors (Lipinski definition) is 3. The Labute approximate surface area is 128 Å². The molecular weight excluding hydrogens is 322 g/mol. The first-order chi connectivity index (χ1) is 9.56. The Balaban J connectivity index is 2.45. The van der Waals surface area contributed by atoms with Crippen LogP contribution < -0.4 is 5.32 Å². The van der Waals surface area contributed by atoms with Gasteiger partial charge in [-0.2, -0.15) is 0 Å². The van der Waals surface area contributed by atoms with Gasteiger partial charge in [-0.25, -0.2) is 4.79 Å². The first-order valence-electron chi connectivity index (χ1n) is 6.78. The van der Waals surface area contributed by atoms with Gasteiger partial charge in [0, 0.05) is 4.47 Å². The van der Waals surface area contributed by atoms with Crippen LogP contribution in [0, 0.1) is 0 Å². The molecular formula is C15H20BrNO3. The van der Waals surface area contributed by atoms with Crippen LogP contribution in [-0.4, -0.2) is 24.5 Å². The summed E-state index contributed by atoms with van der Waals surface area (Å²) in [4.78, 5) is 23.7. The lowest BCUT2D eigenvalue weighted by Gasteiger charge is -2.14. The zero-order valence-corrected chi connectivity index (χ0v) is 13.4. The number of carbonyl (C=O) groups excluding carboxylic acids is 2. The summed E-state index contributed by atoms with van der Waals surface area (Å²) in [6.07, 6.45) is 2.96. The van der Waals surface area contributed by atoms with Crippen molar-refractivity contribution < 1.29 is 14.3 Å². The van der Waals surface area contributed by atoms with Crippen molar-refractivity contribution in [1.82, 2.24) is 5.32 Å². The molecule has 4 nitrogen and oxygen atoms in total. The highest BCUT2D eigenvalue weighted by molar-refractivity contribution is 9.10. The minimum atomic E-state index is -0.656. The van der Waals surface area contributed by atoms with E-state index in [9.17, 15) is 9.59 Å². The fraction of sp³-hybridized carbons (Fsp3) is 0.467. The van der Waals surface area contributed by atoms with Gasteiger partial charge in [0.2, 0.25) is 0 Å². The topological polar surface area (TPSA) is 55.4 Å². The SMILES string of the molecule is CCCCCOC(=O)C(C)NC(=O)c1ccccc1Br. The minimum Gasteiger partial charge on any atom is -0.464 e. The summed E-state index contributed by atoms with van der Waals surface area (Å²) in [5, 5.41) is 2.63. The molecule has 0 bridgehead atoms. The number of unbranched alkanes of at least 4 members (excludes halogenated alkanes) is 2. The van der Waals surface area contributed by atoms with Gasteiger partial charge in [0.1, 0.15) is 6.04 Å². The van der Waals surface area contributed by atoms with Gasteiger partial charge in [-0.1, -0.05) is 31.9 Å². The Morgan fingerprint density at radius 2 is 2.00 bits per heavy atom. The van der Waals surface area contributed by atoms with Gasteiger partial charge >= 0.3 is 5.97 Å². The lowest BCUT2D eigenvalue weighted by molar-refractivity contribution is -0.145. The van der Waals surface area contributed by atoms with Crippen LogP contribution in [0.5, 0.6) is 0 Å². The van der Waals surface area contributed by atoms with Crippen molar-refractivity contribution >= 4 is 27.8 Å². The molecule has 5 heteroatoms. The van der Waals surface area contributed by atoms with Crippen molar-refractivity contribution in [2.45, 2.75) is 39.2 Å². The first kappa shape index (κ1) is 16.7. The van der Waals surface area contributed by atoms with Crippen LogP contribution >= 0.6 is 15.9 Å². The van der Waals surface area contributed by atoms with Gasteiger partial charge in [-0.15, -0.1) is 0 Å². The number of benzene rings is 1. The predicted octanol–water partition coefficient (Wildman–Crippen LogP) is 3.30. The number of esters is 1. The van der Waals surface area contributed by atoms with Crippen molar-refractivity contribution in [2.24, 2.45) is 0 Å². The van der Waals surface area contributed by atoms with E-state index in [-0.39, 0.29) is 5.91 Å². The largest absolute Gasteiger partial charge is 0.464 e. The molecule has 0 aliphatic rings. The Morgan fingerprint density at radius 1 is 1.30 bits per heavy atom. The second-order valence-corrected chi connectivity index (χ2v) is 5.40. The lowest BCUT2D eigenvalue weighted by Crippen LogP contribution is -2.39. The number of rotatable bonds is 7. The molecule has 0 aliphatic carbocycles. The number of hydrogen-bond donors (Lipinski definition) is 1. The second kappa shape index (κ2) is 8.74. The minimum absolute atomic E-state index is 0.296. The zero-order valence-electron chi connectivity index (χ0n) is 11.8. The molecule has 110 valence electrons. The zero-order chi connectivity index (χ0) is 15.0. The Kier molecular flexibility index (Phi) is 7.30. The number of amides is 1. The first-order valence-corrected chi connectivity index (χ1v) is 7.57. The van der Waals surface area contributed by atoms with Gasteiger partial charge in [0.25, 0.3) is 5.91 Å². The lowest BCUT2D eigenvalue weighted by atomic mass is 10.2. The molecule has 1 amide bonds. The molecule has 0 spiro atoms. The number of ether oxygens (including phenoxy) is 1. The van der Waals surface area contributed by atoms with Crippen LogP contribution in [0.2, 0.25) is 0 Å². The monoisotopic (exact) mass is 341 g/mol. The highest BCUT2D eigenvalue weighted by Gasteiger charge is 2.18. The van der Waals surface area contributed by atoms with Crippen molar-refractivity contribution in [3.05, 3.63) is 34.3 Å². The van der Waals surface area contributed by atoms with E-state index in [1.807, 2.05) is 6.07 Å². The van der Waals surface area contributed by atoms with E-state index in [0.29, 0.717) is 16.6 Å². The quantitative estimate of drug-likeness (QED) is 0.611. The van der Waals surface area contributed by atoms with Crippen LogP contribution in [0.3, 0.4) is 0 Å². The van der Waals surface area contributed by atoms with Gasteiger partial charge in [-0.3, -0.25) is 4.79 Å². The molecule has 0 saturated heterocycles. The molecule has 0 radical (unpaired) electrons. The average Bonchev–Trinajstić information content (AvgIpc) is 2.43. The third kappa shape index (κ3) is 5.33. The molecule has 1 N–H and O–H groups in total. The average molecular weight is 342 g/mol. The van der Waals surface area contributed by atoms with E-state index in [1.54, 1.807) is 25.1 Å². The van der Waals surface area contributed by atoms with Crippen LogP contribution in [0.15, 0.2) is 28.7 Å². The number of halogens is 1. The third-order valence-corrected chi connectivity index (χ3v) is 3.50. The summed E-state index contributed by atoms with van der Waals surface area (Å²) >= 11 is 3.31. The maximum atomic E-state index is 12.0. The van der Waals surface area contributed by atoms with Crippen molar-refractivity contribution in [3.8, 4) is 0 Å². The number of nitrogens with one attached hydrogen (secondary N) is 1. The molecule has 1 atom stereocenters. The van der Waals surface area contributed by atoms with Crippen molar-refractivity contribution in [1.29, 1.82) is 0 Å². The fourth-order valence-electron chi connectivity index (χ4n) is 1.63. The summed E-state index contributed by atoms with van der Waals surface area (Å²) in [5.41, 5.74) is 0.498. The summed E-state index contributed by atoms with van der Waals surface area (Å²) in [6.45, 7) is 4.11. The van der Waals surface area contributed by atoms with Crippen LogP contribution in [0.25, 0.3) is 0 Å².